The highest BCUT2D eigenvalue weighted by molar-refractivity contribution is 8.18. The van der Waals surface area contributed by atoms with Crippen LogP contribution in [0.2, 0.25) is 5.02 Å². The van der Waals surface area contributed by atoms with Crippen molar-refractivity contribution in [3.8, 4) is 11.5 Å². The van der Waals surface area contributed by atoms with Gasteiger partial charge >= 0.3 is 5.97 Å². The number of rotatable bonds is 11. The van der Waals surface area contributed by atoms with Gasteiger partial charge in [0.05, 0.1) is 29.4 Å². The van der Waals surface area contributed by atoms with Crippen molar-refractivity contribution in [2.45, 2.75) is 26.9 Å². The molecule has 7 nitrogen and oxygen atoms in total. The Morgan fingerprint density at radius 1 is 1.05 bits per heavy atom. The second kappa shape index (κ2) is 14.1. The van der Waals surface area contributed by atoms with Crippen molar-refractivity contribution < 1.29 is 23.8 Å². The summed E-state index contributed by atoms with van der Waals surface area (Å²) < 4.78 is 17.3. The number of aliphatic imine (C=N–C) groups is 1. The smallest absolute Gasteiger partial charge is 0.338 e. The standard InChI is InChI=1S/C32H31ClN2O5S/c1-5-11-22-16-21(17-27(38-6-2)29(22)40-20-24-12-8-9-15-26(24)33)18-28-30(36)35(4)32(41-28)34-25-14-10-13-23(19-25)31(37)39-7-3/h5,8-10,12-19H,1,6-7,11,20H2,2-4H3. The van der Waals surface area contributed by atoms with Gasteiger partial charge in [-0.1, -0.05) is 41.9 Å². The van der Waals surface area contributed by atoms with Gasteiger partial charge in [-0.15, -0.1) is 6.58 Å². The maximum Gasteiger partial charge on any atom is 0.338 e. The van der Waals surface area contributed by atoms with Gasteiger partial charge in [-0.3, -0.25) is 9.69 Å². The second-order valence-electron chi connectivity index (χ2n) is 8.95. The van der Waals surface area contributed by atoms with Crippen molar-refractivity contribution in [2.24, 2.45) is 4.99 Å². The SMILES string of the molecule is C=CCc1cc(C=C2SC(=Nc3cccc(C(=O)OCC)c3)N(C)C2=O)cc(OCC)c1OCc1ccccc1Cl. The molecule has 0 unspecified atom stereocenters. The van der Waals surface area contributed by atoms with Crippen LogP contribution in [0.5, 0.6) is 11.5 Å². The lowest BCUT2D eigenvalue weighted by Gasteiger charge is -2.17. The fourth-order valence-electron chi connectivity index (χ4n) is 4.10. The number of ether oxygens (including phenoxy) is 3. The van der Waals surface area contributed by atoms with Crippen LogP contribution in [0.3, 0.4) is 0 Å². The van der Waals surface area contributed by atoms with E-state index in [2.05, 4.69) is 11.6 Å². The monoisotopic (exact) mass is 590 g/mol. The van der Waals surface area contributed by atoms with E-state index in [4.69, 9.17) is 25.8 Å². The number of esters is 1. The van der Waals surface area contributed by atoms with E-state index in [1.165, 1.54) is 16.7 Å². The summed E-state index contributed by atoms with van der Waals surface area (Å²) in [5.74, 6) is 0.579. The molecule has 1 aliphatic heterocycles. The van der Waals surface area contributed by atoms with E-state index in [1.54, 1.807) is 44.3 Å². The summed E-state index contributed by atoms with van der Waals surface area (Å²) in [7, 11) is 1.67. The zero-order valence-electron chi connectivity index (χ0n) is 23.2. The van der Waals surface area contributed by atoms with Crippen molar-refractivity contribution in [3.63, 3.8) is 0 Å². The van der Waals surface area contributed by atoms with Gasteiger partial charge in [0, 0.05) is 23.2 Å². The Bertz CT molecular complexity index is 1520. The molecule has 3 aromatic rings. The minimum absolute atomic E-state index is 0.183. The molecular formula is C32H31ClN2O5S. The van der Waals surface area contributed by atoms with E-state index in [0.717, 1.165) is 16.7 Å². The molecule has 0 aliphatic carbocycles. The Hall–Kier alpha value is -4.01. The number of amides is 1. The molecule has 0 spiro atoms. The maximum atomic E-state index is 13.1. The molecule has 0 atom stereocenters. The third-order valence-electron chi connectivity index (χ3n) is 6.03. The fourth-order valence-corrected chi connectivity index (χ4v) is 5.27. The molecule has 0 aromatic heterocycles. The molecule has 1 fully saturated rings. The van der Waals surface area contributed by atoms with Crippen LogP contribution < -0.4 is 9.47 Å². The molecule has 0 radical (unpaired) electrons. The molecule has 1 amide bonds. The molecule has 41 heavy (non-hydrogen) atoms. The number of hydrogen-bond acceptors (Lipinski definition) is 7. The molecule has 1 aliphatic rings. The largest absolute Gasteiger partial charge is 0.490 e. The minimum Gasteiger partial charge on any atom is -0.490 e. The average Bonchev–Trinajstić information content (AvgIpc) is 3.21. The molecule has 0 N–H and O–H groups in total. The lowest BCUT2D eigenvalue weighted by molar-refractivity contribution is -0.121. The molecule has 9 heteroatoms. The van der Waals surface area contributed by atoms with Crippen molar-refractivity contribution in [1.29, 1.82) is 0 Å². The first-order valence-electron chi connectivity index (χ1n) is 13.1. The van der Waals surface area contributed by atoms with Crippen LogP contribution in [0.4, 0.5) is 5.69 Å². The van der Waals surface area contributed by atoms with Gasteiger partial charge in [0.2, 0.25) is 0 Å². The van der Waals surface area contributed by atoms with Crippen LogP contribution in [0.15, 0.2) is 83.2 Å². The summed E-state index contributed by atoms with van der Waals surface area (Å²) in [5, 5.41) is 1.13. The second-order valence-corrected chi connectivity index (χ2v) is 10.4. The zero-order valence-corrected chi connectivity index (χ0v) is 24.8. The van der Waals surface area contributed by atoms with E-state index < -0.39 is 5.97 Å². The van der Waals surface area contributed by atoms with Gasteiger partial charge in [0.1, 0.15) is 6.61 Å². The number of amidine groups is 1. The van der Waals surface area contributed by atoms with Crippen LogP contribution in [0.25, 0.3) is 6.08 Å². The van der Waals surface area contributed by atoms with E-state index in [9.17, 15) is 9.59 Å². The number of carbonyl (C=O) groups excluding carboxylic acids is 2. The number of likely N-dealkylation sites (N-methyl/N-ethyl adjacent to an activating group) is 1. The quantitative estimate of drug-likeness (QED) is 0.131. The fraction of sp³-hybridized carbons (Fsp3) is 0.219. The number of carbonyl (C=O) groups is 2. The Balaban J connectivity index is 1.64. The van der Waals surface area contributed by atoms with Crippen LogP contribution in [0.1, 0.15) is 40.9 Å². The number of allylic oxidation sites excluding steroid dienone is 1. The van der Waals surface area contributed by atoms with Crippen LogP contribution in [-0.4, -0.2) is 42.2 Å². The summed E-state index contributed by atoms with van der Waals surface area (Å²) in [5.41, 5.74) is 3.47. The van der Waals surface area contributed by atoms with Crippen molar-refractivity contribution >= 4 is 52.2 Å². The molecule has 0 bridgehead atoms. The number of nitrogens with zero attached hydrogens (tertiary/aromatic N) is 2. The number of halogens is 1. The Labute approximate surface area is 249 Å². The highest BCUT2D eigenvalue weighted by Crippen LogP contribution is 2.38. The zero-order chi connectivity index (χ0) is 29.4. The predicted octanol–water partition coefficient (Wildman–Crippen LogP) is 7.46. The van der Waals surface area contributed by atoms with Crippen molar-refractivity contribution in [2.75, 3.05) is 20.3 Å². The van der Waals surface area contributed by atoms with Crippen LogP contribution >= 0.6 is 23.4 Å². The number of hydrogen-bond donors (Lipinski definition) is 0. The van der Waals surface area contributed by atoms with Gasteiger partial charge in [-0.2, -0.15) is 0 Å². The highest BCUT2D eigenvalue weighted by atomic mass is 35.5. The minimum atomic E-state index is -0.418. The van der Waals surface area contributed by atoms with Gasteiger partial charge in [-0.05, 0) is 80.1 Å². The van der Waals surface area contributed by atoms with Gasteiger partial charge in [-0.25, -0.2) is 9.79 Å². The first kappa shape index (κ1) is 30.0. The van der Waals surface area contributed by atoms with Gasteiger partial charge < -0.3 is 14.2 Å². The Morgan fingerprint density at radius 2 is 1.85 bits per heavy atom. The summed E-state index contributed by atoms with van der Waals surface area (Å²) in [6.07, 6.45) is 4.15. The predicted molar refractivity (Wildman–Crippen MR) is 165 cm³/mol. The summed E-state index contributed by atoms with van der Waals surface area (Å²) >= 11 is 7.59. The van der Waals surface area contributed by atoms with Gasteiger partial charge in [0.15, 0.2) is 16.7 Å². The highest BCUT2D eigenvalue weighted by Gasteiger charge is 2.30. The molecule has 0 saturated carbocycles. The molecular weight excluding hydrogens is 560 g/mol. The lowest BCUT2D eigenvalue weighted by atomic mass is 10.0. The summed E-state index contributed by atoms with van der Waals surface area (Å²) in [4.78, 5) is 31.9. The first-order chi connectivity index (χ1) is 19.8. The van der Waals surface area contributed by atoms with Crippen molar-refractivity contribution in [1.82, 2.24) is 4.90 Å². The third kappa shape index (κ3) is 7.39. The van der Waals surface area contributed by atoms with Gasteiger partial charge in [0.25, 0.3) is 5.91 Å². The van der Waals surface area contributed by atoms with E-state index in [-0.39, 0.29) is 19.1 Å². The number of benzene rings is 3. The normalized spacial score (nSPS) is 14.9. The molecule has 4 rings (SSSR count). The lowest BCUT2D eigenvalue weighted by Crippen LogP contribution is -2.23. The molecule has 212 valence electrons. The average molecular weight is 591 g/mol. The molecule has 1 heterocycles. The third-order valence-corrected chi connectivity index (χ3v) is 7.46. The van der Waals surface area contributed by atoms with Crippen LogP contribution in [0, 0.1) is 0 Å². The van der Waals surface area contributed by atoms with Crippen molar-refractivity contribution in [3.05, 3.63) is 106 Å². The van der Waals surface area contributed by atoms with Crippen LogP contribution in [-0.2, 0) is 22.6 Å². The summed E-state index contributed by atoms with van der Waals surface area (Å²) in [6.45, 7) is 8.55. The summed E-state index contributed by atoms with van der Waals surface area (Å²) in [6, 6.07) is 18.2. The number of thioether (sulfide) groups is 1. The van der Waals surface area contributed by atoms with E-state index in [1.807, 2.05) is 49.4 Å². The maximum absolute atomic E-state index is 13.1. The van der Waals surface area contributed by atoms with E-state index >= 15 is 0 Å². The Morgan fingerprint density at radius 3 is 2.59 bits per heavy atom. The molecule has 3 aromatic carbocycles. The Kier molecular flexibility index (Phi) is 10.3. The molecule has 1 saturated heterocycles. The first-order valence-corrected chi connectivity index (χ1v) is 14.3. The topological polar surface area (TPSA) is 77.4 Å². The van der Waals surface area contributed by atoms with E-state index in [0.29, 0.717) is 50.9 Å².